The van der Waals surface area contributed by atoms with Gasteiger partial charge in [0.1, 0.15) is 12.0 Å². The van der Waals surface area contributed by atoms with Gasteiger partial charge >= 0.3 is 5.69 Å². The van der Waals surface area contributed by atoms with E-state index in [1.54, 1.807) is 30.3 Å². The van der Waals surface area contributed by atoms with E-state index in [1.807, 2.05) is 6.92 Å². The fourth-order valence-corrected chi connectivity index (χ4v) is 2.12. The van der Waals surface area contributed by atoms with Crippen molar-refractivity contribution < 1.29 is 14.5 Å². The molecule has 2 aromatic carbocycles. The molecule has 0 saturated carbocycles. The topological polar surface area (TPSA) is 69.4 Å². The minimum Gasteiger partial charge on any atom is -0.449 e. The summed E-state index contributed by atoms with van der Waals surface area (Å²) in [5.74, 6) is 0.568. The number of hydrogen-bond donors (Lipinski definition) is 0. The standard InChI is InChI=1S/C14H10BrNO4/c1-9-2-4-12(16(18)19)14(6-9)20-13-5-3-10(8-17)7-11(13)15/h2-8H,1H3. The summed E-state index contributed by atoms with van der Waals surface area (Å²) in [6.07, 6.45) is 0.712. The Morgan fingerprint density at radius 3 is 2.55 bits per heavy atom. The van der Waals surface area contributed by atoms with Crippen molar-refractivity contribution in [3.8, 4) is 11.5 Å². The summed E-state index contributed by atoms with van der Waals surface area (Å²) in [6, 6.07) is 9.39. The summed E-state index contributed by atoms with van der Waals surface area (Å²) in [5, 5.41) is 11.0. The number of rotatable bonds is 4. The van der Waals surface area contributed by atoms with Crippen LogP contribution in [0.4, 0.5) is 5.69 Å². The predicted molar refractivity (Wildman–Crippen MR) is 77.4 cm³/mol. The minimum atomic E-state index is -0.498. The highest BCUT2D eigenvalue weighted by Crippen LogP contribution is 2.35. The Morgan fingerprint density at radius 1 is 1.20 bits per heavy atom. The molecule has 5 nitrogen and oxygen atoms in total. The number of hydrogen-bond acceptors (Lipinski definition) is 4. The molecule has 0 aromatic heterocycles. The lowest BCUT2D eigenvalue weighted by molar-refractivity contribution is -0.385. The molecule has 0 unspecified atom stereocenters. The van der Waals surface area contributed by atoms with E-state index in [4.69, 9.17) is 4.74 Å². The van der Waals surface area contributed by atoms with Gasteiger partial charge in [-0.3, -0.25) is 14.9 Å². The summed E-state index contributed by atoms with van der Waals surface area (Å²) in [6.45, 7) is 1.82. The van der Waals surface area contributed by atoms with Gasteiger partial charge in [-0.25, -0.2) is 0 Å². The Kier molecular flexibility index (Phi) is 4.14. The zero-order chi connectivity index (χ0) is 14.7. The number of nitro groups is 1. The van der Waals surface area contributed by atoms with Crippen LogP contribution in [-0.4, -0.2) is 11.2 Å². The lowest BCUT2D eigenvalue weighted by Gasteiger charge is -2.09. The van der Waals surface area contributed by atoms with Gasteiger partial charge in [0, 0.05) is 11.6 Å². The molecule has 0 fully saturated rings. The number of nitrogens with zero attached hydrogens (tertiary/aromatic N) is 1. The average molecular weight is 336 g/mol. The van der Waals surface area contributed by atoms with E-state index >= 15 is 0 Å². The van der Waals surface area contributed by atoms with Crippen LogP contribution in [-0.2, 0) is 0 Å². The van der Waals surface area contributed by atoms with Crippen LogP contribution in [0.3, 0.4) is 0 Å². The molecule has 0 saturated heterocycles. The van der Waals surface area contributed by atoms with Gasteiger partial charge in [0.15, 0.2) is 0 Å². The minimum absolute atomic E-state index is 0.109. The average Bonchev–Trinajstić information content (AvgIpc) is 2.40. The lowest BCUT2D eigenvalue weighted by atomic mass is 10.2. The largest absolute Gasteiger partial charge is 0.449 e. The molecule has 0 spiro atoms. The Labute approximate surface area is 123 Å². The van der Waals surface area contributed by atoms with Gasteiger partial charge in [-0.05, 0) is 52.7 Å². The van der Waals surface area contributed by atoms with E-state index in [1.165, 1.54) is 6.07 Å². The van der Waals surface area contributed by atoms with Crippen LogP contribution >= 0.6 is 15.9 Å². The summed E-state index contributed by atoms with van der Waals surface area (Å²) < 4.78 is 6.13. The van der Waals surface area contributed by atoms with Gasteiger partial charge in [-0.1, -0.05) is 6.07 Å². The highest BCUT2D eigenvalue weighted by molar-refractivity contribution is 9.10. The number of aldehydes is 1. The molecule has 0 radical (unpaired) electrons. The zero-order valence-electron chi connectivity index (χ0n) is 10.5. The van der Waals surface area contributed by atoms with E-state index in [0.717, 1.165) is 5.56 Å². The van der Waals surface area contributed by atoms with E-state index in [0.29, 0.717) is 22.1 Å². The highest BCUT2D eigenvalue weighted by Gasteiger charge is 2.16. The number of carbonyl (C=O) groups is 1. The molecular formula is C14H10BrNO4. The molecule has 0 aliphatic carbocycles. The second-order valence-corrected chi connectivity index (χ2v) is 4.99. The van der Waals surface area contributed by atoms with Crippen molar-refractivity contribution in [2.75, 3.05) is 0 Å². The van der Waals surface area contributed by atoms with Gasteiger partial charge in [-0.2, -0.15) is 0 Å². The maximum atomic E-state index is 11.0. The van der Waals surface area contributed by atoms with E-state index < -0.39 is 4.92 Å². The Bertz CT molecular complexity index is 685. The molecule has 0 atom stereocenters. The first kappa shape index (κ1) is 14.2. The Hall–Kier alpha value is -2.21. The molecule has 0 bridgehead atoms. The SMILES string of the molecule is Cc1ccc([N+](=O)[O-])c(Oc2ccc(C=O)cc2Br)c1. The number of halogens is 1. The molecule has 0 aliphatic heterocycles. The van der Waals surface area contributed by atoms with Gasteiger partial charge < -0.3 is 4.74 Å². The summed E-state index contributed by atoms with van der Waals surface area (Å²) >= 11 is 3.27. The van der Waals surface area contributed by atoms with Crippen LogP contribution in [0.5, 0.6) is 11.5 Å². The van der Waals surface area contributed by atoms with Gasteiger partial charge in [0.25, 0.3) is 0 Å². The fourth-order valence-electron chi connectivity index (χ4n) is 1.65. The predicted octanol–water partition coefficient (Wildman–Crippen LogP) is 4.27. The van der Waals surface area contributed by atoms with E-state index in [2.05, 4.69) is 15.9 Å². The molecule has 102 valence electrons. The highest BCUT2D eigenvalue weighted by atomic mass is 79.9. The Morgan fingerprint density at radius 2 is 1.95 bits per heavy atom. The van der Waals surface area contributed by atoms with Crippen LogP contribution in [0.2, 0.25) is 0 Å². The van der Waals surface area contributed by atoms with E-state index in [-0.39, 0.29) is 11.4 Å². The van der Waals surface area contributed by atoms with Crippen molar-refractivity contribution in [2.24, 2.45) is 0 Å². The molecule has 0 amide bonds. The molecule has 0 aliphatic rings. The van der Waals surface area contributed by atoms with Crippen molar-refractivity contribution in [1.29, 1.82) is 0 Å². The number of carbonyl (C=O) groups excluding carboxylic acids is 1. The number of aryl methyl sites for hydroxylation is 1. The quantitative estimate of drug-likeness (QED) is 0.475. The lowest BCUT2D eigenvalue weighted by Crippen LogP contribution is -1.95. The molecule has 20 heavy (non-hydrogen) atoms. The summed E-state index contributed by atoms with van der Waals surface area (Å²) in [7, 11) is 0. The first-order valence-corrected chi connectivity index (χ1v) is 6.48. The Balaban J connectivity index is 2.41. The fraction of sp³-hybridized carbons (Fsp3) is 0.0714. The molecular weight excluding hydrogens is 326 g/mol. The third-order valence-electron chi connectivity index (χ3n) is 2.62. The van der Waals surface area contributed by atoms with Crippen molar-refractivity contribution >= 4 is 27.9 Å². The maximum Gasteiger partial charge on any atom is 0.311 e. The molecule has 2 aromatic rings. The van der Waals surface area contributed by atoms with Crippen molar-refractivity contribution in [3.05, 3.63) is 62.1 Å². The molecule has 0 heterocycles. The smallest absolute Gasteiger partial charge is 0.311 e. The van der Waals surface area contributed by atoms with Crippen LogP contribution < -0.4 is 4.74 Å². The van der Waals surface area contributed by atoms with Gasteiger partial charge in [0.05, 0.1) is 9.40 Å². The first-order chi connectivity index (χ1) is 9.51. The monoisotopic (exact) mass is 335 g/mol. The van der Waals surface area contributed by atoms with Gasteiger partial charge in [0.2, 0.25) is 5.75 Å². The molecule has 2 rings (SSSR count). The van der Waals surface area contributed by atoms with Crippen LogP contribution in [0.1, 0.15) is 15.9 Å². The number of ether oxygens (including phenoxy) is 1. The van der Waals surface area contributed by atoms with Crippen LogP contribution in [0.25, 0.3) is 0 Å². The zero-order valence-corrected chi connectivity index (χ0v) is 12.1. The van der Waals surface area contributed by atoms with Crippen molar-refractivity contribution in [3.63, 3.8) is 0 Å². The second-order valence-electron chi connectivity index (χ2n) is 4.14. The third kappa shape index (κ3) is 3.03. The normalized spacial score (nSPS) is 10.1. The van der Waals surface area contributed by atoms with Crippen LogP contribution in [0, 0.1) is 17.0 Å². The van der Waals surface area contributed by atoms with Crippen molar-refractivity contribution in [2.45, 2.75) is 6.92 Å². The number of nitro benzene ring substituents is 1. The molecule has 6 heteroatoms. The van der Waals surface area contributed by atoms with Crippen molar-refractivity contribution in [1.82, 2.24) is 0 Å². The summed E-state index contributed by atoms with van der Waals surface area (Å²) in [4.78, 5) is 21.1. The molecule has 0 N–H and O–H groups in total. The maximum absolute atomic E-state index is 11.0. The summed E-state index contributed by atoms with van der Waals surface area (Å²) in [5.41, 5.74) is 1.23. The van der Waals surface area contributed by atoms with Gasteiger partial charge in [-0.15, -0.1) is 0 Å². The van der Waals surface area contributed by atoms with Crippen LogP contribution in [0.15, 0.2) is 40.9 Å². The van der Waals surface area contributed by atoms with E-state index in [9.17, 15) is 14.9 Å². The third-order valence-corrected chi connectivity index (χ3v) is 3.24. The number of benzene rings is 2. The first-order valence-electron chi connectivity index (χ1n) is 5.69. The second kappa shape index (κ2) is 5.83.